The van der Waals surface area contributed by atoms with Gasteiger partial charge in [0.1, 0.15) is 0 Å². The summed E-state index contributed by atoms with van der Waals surface area (Å²) >= 11 is 0. The summed E-state index contributed by atoms with van der Waals surface area (Å²) in [6, 6.07) is 16.8. The van der Waals surface area contributed by atoms with Gasteiger partial charge in [0.05, 0.1) is 19.1 Å². The number of nitrogens with one attached hydrogen (secondary N) is 1. The lowest BCUT2D eigenvalue weighted by molar-refractivity contribution is -0.121. The summed E-state index contributed by atoms with van der Waals surface area (Å²) in [5.74, 6) is -0.136. The summed E-state index contributed by atoms with van der Waals surface area (Å²) in [6.45, 7) is -0.0924. The Kier molecular flexibility index (Phi) is 5.35. The lowest BCUT2D eigenvalue weighted by Gasteiger charge is -2.16. The van der Waals surface area contributed by atoms with E-state index in [1.165, 1.54) is 0 Å². The molecule has 0 aliphatic heterocycles. The third kappa shape index (κ3) is 4.61. The highest BCUT2D eigenvalue weighted by atomic mass is 16.3. The molecule has 0 saturated heterocycles. The average molecular weight is 284 g/mol. The van der Waals surface area contributed by atoms with Crippen molar-refractivity contribution in [2.24, 2.45) is 0 Å². The lowest BCUT2D eigenvalue weighted by atomic mass is 10.1. The van der Waals surface area contributed by atoms with Crippen LogP contribution in [0.1, 0.15) is 11.1 Å². The van der Waals surface area contributed by atoms with Crippen LogP contribution in [0.3, 0.4) is 0 Å². The van der Waals surface area contributed by atoms with Crippen LogP contribution in [0.2, 0.25) is 0 Å². The zero-order valence-corrected chi connectivity index (χ0v) is 11.8. The molecule has 0 aliphatic carbocycles. The van der Waals surface area contributed by atoms with Crippen LogP contribution >= 0.6 is 0 Å². The molecule has 21 heavy (non-hydrogen) atoms. The number of nitrogens with two attached hydrogens (primary N) is 1. The summed E-state index contributed by atoms with van der Waals surface area (Å²) in [4.78, 5) is 12.0. The zero-order valence-electron chi connectivity index (χ0n) is 11.8. The third-order valence-corrected chi connectivity index (χ3v) is 3.32. The molecule has 1 atom stereocenters. The summed E-state index contributed by atoms with van der Waals surface area (Å²) in [7, 11) is 0. The first-order valence-corrected chi connectivity index (χ1v) is 6.96. The number of para-hydroxylation sites is 1. The van der Waals surface area contributed by atoms with E-state index in [0.717, 1.165) is 11.1 Å². The molecule has 2 rings (SSSR count). The Hall–Kier alpha value is -2.33. The van der Waals surface area contributed by atoms with Crippen LogP contribution in [0.4, 0.5) is 5.69 Å². The number of aliphatic hydroxyl groups excluding tert-OH is 1. The first-order chi connectivity index (χ1) is 10.2. The number of aliphatic hydroxyl groups is 1. The first-order valence-electron chi connectivity index (χ1n) is 6.96. The van der Waals surface area contributed by atoms with Crippen molar-refractivity contribution in [3.8, 4) is 0 Å². The molecular weight excluding hydrogens is 264 g/mol. The van der Waals surface area contributed by atoms with Gasteiger partial charge in [0.15, 0.2) is 0 Å². The van der Waals surface area contributed by atoms with Crippen molar-refractivity contribution in [3.63, 3.8) is 0 Å². The lowest BCUT2D eigenvalue weighted by Crippen LogP contribution is -2.40. The van der Waals surface area contributed by atoms with Crippen LogP contribution in [0.5, 0.6) is 0 Å². The fourth-order valence-electron chi connectivity index (χ4n) is 2.21. The molecular formula is C17H20N2O2. The van der Waals surface area contributed by atoms with Gasteiger partial charge in [-0.2, -0.15) is 0 Å². The number of amides is 1. The number of nitrogen functional groups attached to an aromatic ring is 1. The average Bonchev–Trinajstić information content (AvgIpc) is 2.50. The number of hydrogen-bond donors (Lipinski definition) is 3. The van der Waals surface area contributed by atoms with Gasteiger partial charge in [-0.25, -0.2) is 0 Å². The maximum absolute atomic E-state index is 12.0. The fraction of sp³-hybridized carbons (Fsp3) is 0.235. The quantitative estimate of drug-likeness (QED) is 0.704. The van der Waals surface area contributed by atoms with E-state index in [1.54, 1.807) is 6.07 Å². The molecule has 4 N–H and O–H groups in total. The Morgan fingerprint density at radius 3 is 2.43 bits per heavy atom. The standard InChI is InChI=1S/C17H20N2O2/c18-16-9-5-4-8-14(16)11-17(21)19-15(12-20)10-13-6-2-1-3-7-13/h1-9,15,20H,10-12,18H2,(H,19,21). The fourth-order valence-corrected chi connectivity index (χ4v) is 2.21. The summed E-state index contributed by atoms with van der Waals surface area (Å²) in [6.07, 6.45) is 0.825. The minimum absolute atomic E-state index is 0.0924. The molecule has 0 radical (unpaired) electrons. The van der Waals surface area contributed by atoms with E-state index in [-0.39, 0.29) is 25.0 Å². The van der Waals surface area contributed by atoms with E-state index < -0.39 is 0 Å². The predicted octanol–water partition coefficient (Wildman–Crippen LogP) is 1.53. The Bertz CT molecular complexity index is 584. The topological polar surface area (TPSA) is 75.4 Å². The van der Waals surface area contributed by atoms with Crippen LogP contribution in [-0.4, -0.2) is 23.7 Å². The highest BCUT2D eigenvalue weighted by Gasteiger charge is 2.13. The molecule has 0 heterocycles. The van der Waals surface area contributed by atoms with E-state index in [2.05, 4.69) is 5.32 Å². The van der Waals surface area contributed by atoms with Crippen LogP contribution in [0.25, 0.3) is 0 Å². The minimum Gasteiger partial charge on any atom is -0.398 e. The molecule has 1 unspecified atom stereocenters. The van der Waals surface area contributed by atoms with Crippen molar-refractivity contribution in [2.45, 2.75) is 18.9 Å². The molecule has 1 amide bonds. The summed E-state index contributed by atoms with van der Waals surface area (Å²) < 4.78 is 0. The van der Waals surface area contributed by atoms with Crippen LogP contribution in [-0.2, 0) is 17.6 Å². The first kappa shape index (κ1) is 15.1. The van der Waals surface area contributed by atoms with Crippen molar-refractivity contribution < 1.29 is 9.90 Å². The number of rotatable bonds is 6. The van der Waals surface area contributed by atoms with Crippen LogP contribution in [0.15, 0.2) is 54.6 Å². The van der Waals surface area contributed by atoms with Crippen molar-refractivity contribution in [1.29, 1.82) is 0 Å². The van der Waals surface area contributed by atoms with E-state index in [1.807, 2.05) is 48.5 Å². The molecule has 0 bridgehead atoms. The Balaban J connectivity index is 1.92. The highest BCUT2D eigenvalue weighted by molar-refractivity contribution is 5.80. The molecule has 0 fully saturated rings. The van der Waals surface area contributed by atoms with Gasteiger partial charge in [0.2, 0.25) is 5.91 Å². The van der Waals surface area contributed by atoms with Gasteiger partial charge in [-0.3, -0.25) is 4.79 Å². The molecule has 4 heteroatoms. The maximum atomic E-state index is 12.0. The zero-order chi connectivity index (χ0) is 15.1. The number of hydrogen-bond acceptors (Lipinski definition) is 3. The van der Waals surface area contributed by atoms with Crippen molar-refractivity contribution >= 4 is 11.6 Å². The Morgan fingerprint density at radius 1 is 1.10 bits per heavy atom. The second-order valence-corrected chi connectivity index (χ2v) is 5.01. The molecule has 2 aromatic carbocycles. The van der Waals surface area contributed by atoms with E-state index in [4.69, 9.17) is 5.73 Å². The molecule has 0 aromatic heterocycles. The minimum atomic E-state index is -0.287. The number of anilines is 1. The second kappa shape index (κ2) is 7.45. The van der Waals surface area contributed by atoms with Gasteiger partial charge < -0.3 is 16.2 Å². The normalized spacial score (nSPS) is 11.9. The molecule has 110 valence electrons. The smallest absolute Gasteiger partial charge is 0.224 e. The van der Waals surface area contributed by atoms with Crippen molar-refractivity contribution in [3.05, 3.63) is 65.7 Å². The van der Waals surface area contributed by atoms with Gasteiger partial charge in [-0.05, 0) is 23.6 Å². The number of carbonyl (C=O) groups is 1. The van der Waals surface area contributed by atoms with Gasteiger partial charge in [0.25, 0.3) is 0 Å². The van der Waals surface area contributed by atoms with Crippen molar-refractivity contribution in [1.82, 2.24) is 5.32 Å². The number of benzene rings is 2. The third-order valence-electron chi connectivity index (χ3n) is 3.32. The molecule has 2 aromatic rings. The molecule has 0 aliphatic rings. The van der Waals surface area contributed by atoms with Gasteiger partial charge in [-0.15, -0.1) is 0 Å². The summed E-state index contributed by atoms with van der Waals surface area (Å²) in [5, 5.41) is 12.3. The monoisotopic (exact) mass is 284 g/mol. The summed E-state index contributed by atoms with van der Waals surface area (Å²) in [5.41, 5.74) is 8.31. The van der Waals surface area contributed by atoms with E-state index in [0.29, 0.717) is 12.1 Å². The SMILES string of the molecule is Nc1ccccc1CC(=O)NC(CO)Cc1ccccc1. The predicted molar refractivity (Wildman–Crippen MR) is 83.7 cm³/mol. The van der Waals surface area contributed by atoms with E-state index in [9.17, 15) is 9.90 Å². The van der Waals surface area contributed by atoms with Crippen LogP contribution < -0.4 is 11.1 Å². The second-order valence-electron chi connectivity index (χ2n) is 5.01. The molecule has 0 spiro atoms. The van der Waals surface area contributed by atoms with Crippen LogP contribution in [0, 0.1) is 0 Å². The van der Waals surface area contributed by atoms with Crippen molar-refractivity contribution in [2.75, 3.05) is 12.3 Å². The molecule has 0 saturated carbocycles. The Morgan fingerprint density at radius 2 is 1.76 bits per heavy atom. The van der Waals surface area contributed by atoms with Gasteiger partial charge in [-0.1, -0.05) is 48.5 Å². The van der Waals surface area contributed by atoms with Gasteiger partial charge in [0, 0.05) is 5.69 Å². The number of carbonyl (C=O) groups excluding carboxylic acids is 1. The maximum Gasteiger partial charge on any atom is 0.224 e. The van der Waals surface area contributed by atoms with E-state index >= 15 is 0 Å². The largest absolute Gasteiger partial charge is 0.398 e. The Labute approximate surface area is 124 Å². The van der Waals surface area contributed by atoms with Gasteiger partial charge >= 0.3 is 0 Å². The molecule has 4 nitrogen and oxygen atoms in total. The highest BCUT2D eigenvalue weighted by Crippen LogP contribution is 2.11.